The average Bonchev–Trinajstić information content (AvgIpc) is 3.48. The van der Waals surface area contributed by atoms with Gasteiger partial charge in [0.2, 0.25) is 0 Å². The minimum absolute atomic E-state index is 0.194. The zero-order chi connectivity index (χ0) is 22.8. The fourth-order valence-corrected chi connectivity index (χ4v) is 4.35. The first-order valence-electron chi connectivity index (χ1n) is 9.81. The topological polar surface area (TPSA) is 81.4 Å². The van der Waals surface area contributed by atoms with Crippen LogP contribution in [0.2, 0.25) is 10.0 Å². The van der Waals surface area contributed by atoms with Crippen molar-refractivity contribution < 1.29 is 9.53 Å². The number of nitrogens with zero attached hydrogens (tertiary/aromatic N) is 4. The number of hydrogen-bond donors (Lipinski definition) is 1. The first kappa shape index (κ1) is 21.4. The van der Waals surface area contributed by atoms with Crippen LogP contribution in [0.1, 0.15) is 0 Å². The average molecular weight is 496 g/mol. The molecule has 2 aromatic carbocycles. The predicted molar refractivity (Wildman–Crippen MR) is 130 cm³/mol. The van der Waals surface area contributed by atoms with Crippen LogP contribution in [0, 0.1) is 0 Å². The number of amides is 1. The zero-order valence-electron chi connectivity index (χ0n) is 16.9. The summed E-state index contributed by atoms with van der Waals surface area (Å²) < 4.78 is 7.22. The Labute approximate surface area is 202 Å². The molecule has 0 aliphatic carbocycles. The van der Waals surface area contributed by atoms with Gasteiger partial charge in [-0.05, 0) is 53.9 Å². The van der Waals surface area contributed by atoms with Gasteiger partial charge in [0.1, 0.15) is 5.75 Å². The Morgan fingerprint density at radius 3 is 2.76 bits per heavy atom. The molecule has 0 fully saturated rings. The lowest BCUT2D eigenvalue weighted by Gasteiger charge is -2.10. The molecule has 5 rings (SSSR count). The number of nitrogens with one attached hydrogen (secondary N) is 1. The summed E-state index contributed by atoms with van der Waals surface area (Å²) >= 11 is 13.5. The normalized spacial score (nSPS) is 11.0. The van der Waals surface area contributed by atoms with Crippen LogP contribution in [-0.4, -0.2) is 32.3 Å². The van der Waals surface area contributed by atoms with Crippen LogP contribution in [0.3, 0.4) is 0 Å². The number of hydrogen-bond acceptors (Lipinski definition) is 6. The van der Waals surface area contributed by atoms with E-state index < -0.39 is 0 Å². The lowest BCUT2D eigenvalue weighted by Crippen LogP contribution is -2.20. The van der Waals surface area contributed by atoms with E-state index in [0.29, 0.717) is 33.0 Å². The molecule has 5 aromatic rings. The summed E-state index contributed by atoms with van der Waals surface area (Å²) in [5.74, 6) is 0.752. The molecule has 1 N–H and O–H groups in total. The molecule has 0 bridgehead atoms. The number of aromatic nitrogens is 4. The van der Waals surface area contributed by atoms with E-state index in [9.17, 15) is 4.79 Å². The summed E-state index contributed by atoms with van der Waals surface area (Å²) in [5.41, 5.74) is 2.83. The molecule has 33 heavy (non-hydrogen) atoms. The van der Waals surface area contributed by atoms with E-state index in [0.717, 1.165) is 16.1 Å². The Morgan fingerprint density at radius 1 is 1.03 bits per heavy atom. The van der Waals surface area contributed by atoms with Crippen molar-refractivity contribution in [2.75, 3.05) is 11.9 Å². The predicted octanol–water partition coefficient (Wildman–Crippen LogP) is 5.84. The number of rotatable bonds is 6. The van der Waals surface area contributed by atoms with Gasteiger partial charge in [0.15, 0.2) is 18.1 Å². The van der Waals surface area contributed by atoms with Crippen molar-refractivity contribution >= 4 is 51.8 Å². The summed E-state index contributed by atoms with van der Waals surface area (Å²) in [6.45, 7) is -0.194. The zero-order valence-corrected chi connectivity index (χ0v) is 19.2. The summed E-state index contributed by atoms with van der Waals surface area (Å²) in [6, 6.07) is 19.9. The fraction of sp³-hybridized carbons (Fsp3) is 0.0435. The highest BCUT2D eigenvalue weighted by molar-refractivity contribution is 7.13. The van der Waals surface area contributed by atoms with Gasteiger partial charge in [0.05, 0.1) is 15.6 Å². The summed E-state index contributed by atoms with van der Waals surface area (Å²) in [4.78, 5) is 13.4. The van der Waals surface area contributed by atoms with E-state index >= 15 is 0 Å². The van der Waals surface area contributed by atoms with Gasteiger partial charge in [-0.15, -0.1) is 21.5 Å². The van der Waals surface area contributed by atoms with Gasteiger partial charge in [-0.3, -0.25) is 4.79 Å². The van der Waals surface area contributed by atoms with Crippen LogP contribution in [0.15, 0.2) is 72.1 Å². The standard InChI is InChI=1S/C23H15Cl2N5O2S/c24-15-6-8-19(17(25)12-15)32-13-22(31)26-16-4-1-3-14(11-16)18-7-9-21-27-28-23(30(21)29-18)20-5-2-10-33-20/h1-12H,13H2,(H,26,31). The van der Waals surface area contributed by atoms with Gasteiger partial charge in [-0.2, -0.15) is 9.61 Å². The number of fused-ring (bicyclic) bond motifs is 1. The lowest BCUT2D eigenvalue weighted by molar-refractivity contribution is -0.118. The second-order valence-electron chi connectivity index (χ2n) is 6.98. The van der Waals surface area contributed by atoms with E-state index in [1.54, 1.807) is 40.1 Å². The second kappa shape index (κ2) is 9.19. The quantitative estimate of drug-likeness (QED) is 0.319. The Bertz CT molecular complexity index is 1450. The van der Waals surface area contributed by atoms with Gasteiger partial charge < -0.3 is 10.1 Å². The second-order valence-corrected chi connectivity index (χ2v) is 8.77. The minimum atomic E-state index is -0.319. The molecule has 10 heteroatoms. The third kappa shape index (κ3) is 4.68. The highest BCUT2D eigenvalue weighted by Gasteiger charge is 2.12. The van der Waals surface area contributed by atoms with E-state index in [1.165, 1.54) is 0 Å². The maximum Gasteiger partial charge on any atom is 0.262 e. The fourth-order valence-electron chi connectivity index (χ4n) is 3.19. The number of benzene rings is 2. The van der Waals surface area contributed by atoms with Crippen molar-refractivity contribution in [3.05, 3.63) is 82.2 Å². The summed E-state index contributed by atoms with van der Waals surface area (Å²) in [6.07, 6.45) is 0. The largest absolute Gasteiger partial charge is 0.482 e. The number of halogens is 2. The Hall–Kier alpha value is -3.46. The lowest BCUT2D eigenvalue weighted by atomic mass is 10.1. The first-order chi connectivity index (χ1) is 16.1. The molecule has 0 aliphatic rings. The monoisotopic (exact) mass is 495 g/mol. The van der Waals surface area contributed by atoms with Gasteiger partial charge in [0, 0.05) is 16.3 Å². The Balaban J connectivity index is 1.33. The molecule has 0 unspecified atom stereocenters. The van der Waals surface area contributed by atoms with Gasteiger partial charge in [0.25, 0.3) is 5.91 Å². The Kier molecular flexibility index (Phi) is 5.95. The maximum atomic E-state index is 12.4. The van der Waals surface area contributed by atoms with Gasteiger partial charge >= 0.3 is 0 Å². The molecule has 1 amide bonds. The van der Waals surface area contributed by atoms with Crippen LogP contribution in [0.4, 0.5) is 5.69 Å². The molecule has 0 atom stereocenters. The highest BCUT2D eigenvalue weighted by Crippen LogP contribution is 2.28. The molecular weight excluding hydrogens is 481 g/mol. The number of anilines is 1. The number of ether oxygens (including phenoxy) is 1. The third-order valence-electron chi connectivity index (χ3n) is 4.70. The molecule has 0 spiro atoms. The van der Waals surface area contributed by atoms with Crippen molar-refractivity contribution in [2.45, 2.75) is 0 Å². The molecule has 0 saturated heterocycles. The Morgan fingerprint density at radius 2 is 1.94 bits per heavy atom. The molecule has 0 saturated carbocycles. The maximum absolute atomic E-state index is 12.4. The van der Waals surface area contributed by atoms with Crippen LogP contribution >= 0.6 is 34.5 Å². The molecule has 164 valence electrons. The van der Waals surface area contributed by atoms with Crippen molar-refractivity contribution in [3.8, 4) is 27.7 Å². The van der Waals surface area contributed by atoms with Crippen molar-refractivity contribution in [3.63, 3.8) is 0 Å². The SMILES string of the molecule is O=C(COc1ccc(Cl)cc1Cl)Nc1cccc(-c2ccc3nnc(-c4cccs4)n3n2)c1. The summed E-state index contributed by atoms with van der Waals surface area (Å²) in [7, 11) is 0. The molecule has 3 aromatic heterocycles. The van der Waals surface area contributed by atoms with E-state index in [-0.39, 0.29) is 12.5 Å². The minimum Gasteiger partial charge on any atom is -0.482 e. The summed E-state index contributed by atoms with van der Waals surface area (Å²) in [5, 5.41) is 18.8. The smallest absolute Gasteiger partial charge is 0.262 e. The number of carbonyl (C=O) groups is 1. The van der Waals surface area contributed by atoms with Gasteiger partial charge in [-0.25, -0.2) is 0 Å². The van der Waals surface area contributed by atoms with E-state index in [2.05, 4.69) is 15.5 Å². The van der Waals surface area contributed by atoms with E-state index in [4.69, 9.17) is 33.0 Å². The number of thiophene rings is 1. The molecule has 3 heterocycles. The molecular formula is C23H15Cl2N5O2S. The molecule has 0 radical (unpaired) electrons. The molecule has 0 aliphatic heterocycles. The van der Waals surface area contributed by atoms with Gasteiger partial charge in [-0.1, -0.05) is 41.4 Å². The third-order valence-corrected chi connectivity index (χ3v) is 6.10. The number of carbonyl (C=O) groups excluding carboxylic acids is 1. The van der Waals surface area contributed by atoms with Crippen LogP contribution in [0.5, 0.6) is 5.75 Å². The molecule has 7 nitrogen and oxygen atoms in total. The van der Waals surface area contributed by atoms with Crippen molar-refractivity contribution in [1.82, 2.24) is 19.8 Å². The van der Waals surface area contributed by atoms with Crippen LogP contribution < -0.4 is 10.1 Å². The van der Waals surface area contributed by atoms with E-state index in [1.807, 2.05) is 47.8 Å². The van der Waals surface area contributed by atoms with Crippen LogP contribution in [-0.2, 0) is 4.79 Å². The highest BCUT2D eigenvalue weighted by atomic mass is 35.5. The first-order valence-corrected chi connectivity index (χ1v) is 11.4. The van der Waals surface area contributed by atoms with Crippen LogP contribution in [0.25, 0.3) is 27.6 Å². The van der Waals surface area contributed by atoms with Crippen molar-refractivity contribution in [2.24, 2.45) is 0 Å². The van der Waals surface area contributed by atoms with Crippen molar-refractivity contribution in [1.29, 1.82) is 0 Å².